The molecule has 19 heavy (non-hydrogen) atoms. The SMILES string of the molecule is CCCNCCNCc1c(F)c(F)c(F)c(F)c1F. The second kappa shape index (κ2) is 7.40. The van der Waals surface area contributed by atoms with E-state index in [1.807, 2.05) is 6.92 Å². The van der Waals surface area contributed by atoms with E-state index in [9.17, 15) is 22.0 Å². The topological polar surface area (TPSA) is 24.1 Å². The molecule has 108 valence electrons. The predicted octanol–water partition coefficient (Wildman–Crippen LogP) is 2.47. The van der Waals surface area contributed by atoms with Crippen LogP contribution in [0.5, 0.6) is 0 Å². The number of hydrogen-bond acceptors (Lipinski definition) is 2. The van der Waals surface area contributed by atoms with Gasteiger partial charge in [-0.2, -0.15) is 0 Å². The second-order valence-corrected chi connectivity index (χ2v) is 3.98. The Hall–Kier alpha value is -1.21. The minimum absolute atomic E-state index is 0.361. The quantitative estimate of drug-likeness (QED) is 0.347. The van der Waals surface area contributed by atoms with E-state index in [0.29, 0.717) is 13.1 Å². The highest BCUT2D eigenvalue weighted by molar-refractivity contribution is 5.23. The van der Waals surface area contributed by atoms with Crippen LogP contribution in [0.1, 0.15) is 18.9 Å². The molecule has 0 aromatic heterocycles. The van der Waals surface area contributed by atoms with Crippen LogP contribution in [0.25, 0.3) is 0 Å². The lowest BCUT2D eigenvalue weighted by Crippen LogP contribution is -2.28. The maximum Gasteiger partial charge on any atom is 0.200 e. The van der Waals surface area contributed by atoms with Crippen LogP contribution in [0, 0.1) is 29.1 Å². The summed E-state index contributed by atoms with van der Waals surface area (Å²) in [6.45, 7) is 3.27. The van der Waals surface area contributed by atoms with E-state index >= 15 is 0 Å². The molecule has 0 atom stereocenters. The smallest absolute Gasteiger partial charge is 0.200 e. The van der Waals surface area contributed by atoms with Crippen molar-refractivity contribution in [3.8, 4) is 0 Å². The Balaban J connectivity index is 2.64. The summed E-state index contributed by atoms with van der Waals surface area (Å²) in [5.74, 6) is -9.54. The first-order valence-corrected chi connectivity index (χ1v) is 5.92. The van der Waals surface area contributed by atoms with Gasteiger partial charge in [0.15, 0.2) is 23.3 Å². The summed E-state index contributed by atoms with van der Waals surface area (Å²) < 4.78 is 65.0. The highest BCUT2D eigenvalue weighted by Crippen LogP contribution is 2.22. The van der Waals surface area contributed by atoms with Crippen molar-refractivity contribution in [3.63, 3.8) is 0 Å². The molecule has 1 rings (SSSR count). The molecular formula is C12H15F5N2. The van der Waals surface area contributed by atoms with Crippen LogP contribution in [0.4, 0.5) is 22.0 Å². The van der Waals surface area contributed by atoms with Gasteiger partial charge in [-0.1, -0.05) is 6.92 Å². The Morgan fingerprint density at radius 3 is 1.68 bits per heavy atom. The number of nitrogens with one attached hydrogen (secondary N) is 2. The van der Waals surface area contributed by atoms with E-state index in [2.05, 4.69) is 10.6 Å². The molecule has 0 unspecified atom stereocenters. The molecule has 0 fully saturated rings. The minimum atomic E-state index is -2.14. The van der Waals surface area contributed by atoms with Crippen molar-refractivity contribution >= 4 is 0 Å². The molecule has 7 heteroatoms. The highest BCUT2D eigenvalue weighted by atomic mass is 19.2. The summed E-state index contributed by atoms with van der Waals surface area (Å²) in [4.78, 5) is 0. The Morgan fingerprint density at radius 1 is 0.684 bits per heavy atom. The third kappa shape index (κ3) is 3.87. The maximum atomic E-state index is 13.3. The van der Waals surface area contributed by atoms with E-state index in [1.54, 1.807) is 0 Å². The molecule has 0 saturated heterocycles. The Labute approximate surface area is 108 Å². The normalized spacial score (nSPS) is 11.1. The van der Waals surface area contributed by atoms with Gasteiger partial charge in [-0.05, 0) is 13.0 Å². The van der Waals surface area contributed by atoms with Gasteiger partial charge in [-0.15, -0.1) is 0 Å². The minimum Gasteiger partial charge on any atom is -0.315 e. The molecule has 1 aromatic rings. The molecular weight excluding hydrogens is 267 g/mol. The van der Waals surface area contributed by atoms with E-state index in [0.717, 1.165) is 13.0 Å². The van der Waals surface area contributed by atoms with Gasteiger partial charge in [-0.25, -0.2) is 22.0 Å². The first kappa shape index (κ1) is 15.8. The molecule has 0 aliphatic carbocycles. The molecule has 0 aliphatic heterocycles. The van der Waals surface area contributed by atoms with Crippen LogP contribution < -0.4 is 10.6 Å². The summed E-state index contributed by atoms with van der Waals surface area (Å²) in [6.07, 6.45) is 0.942. The van der Waals surface area contributed by atoms with Crippen molar-refractivity contribution in [1.29, 1.82) is 0 Å². The van der Waals surface area contributed by atoms with E-state index in [-0.39, 0.29) is 0 Å². The van der Waals surface area contributed by atoms with Gasteiger partial charge in [0.1, 0.15) is 0 Å². The van der Waals surface area contributed by atoms with Crippen LogP contribution in [-0.2, 0) is 6.54 Å². The number of halogens is 5. The lowest BCUT2D eigenvalue weighted by Gasteiger charge is -2.09. The molecule has 2 nitrogen and oxygen atoms in total. The molecule has 0 saturated carbocycles. The van der Waals surface area contributed by atoms with E-state index < -0.39 is 41.2 Å². The van der Waals surface area contributed by atoms with Gasteiger partial charge in [0.05, 0.1) is 0 Å². The molecule has 0 bridgehead atoms. The van der Waals surface area contributed by atoms with Gasteiger partial charge in [0.2, 0.25) is 5.82 Å². The lowest BCUT2D eigenvalue weighted by atomic mass is 10.1. The zero-order chi connectivity index (χ0) is 14.4. The van der Waals surface area contributed by atoms with Crippen LogP contribution in [0.2, 0.25) is 0 Å². The van der Waals surface area contributed by atoms with Crippen molar-refractivity contribution < 1.29 is 22.0 Å². The number of hydrogen-bond donors (Lipinski definition) is 2. The zero-order valence-corrected chi connectivity index (χ0v) is 10.4. The van der Waals surface area contributed by atoms with Crippen LogP contribution in [0.15, 0.2) is 0 Å². The first-order valence-electron chi connectivity index (χ1n) is 5.92. The average Bonchev–Trinajstić information content (AvgIpc) is 2.41. The monoisotopic (exact) mass is 282 g/mol. The molecule has 1 aromatic carbocycles. The van der Waals surface area contributed by atoms with E-state index in [4.69, 9.17) is 0 Å². The zero-order valence-electron chi connectivity index (χ0n) is 10.4. The van der Waals surface area contributed by atoms with Gasteiger partial charge >= 0.3 is 0 Å². The standard InChI is InChI=1S/C12H15F5N2/c1-2-3-18-4-5-19-6-7-8(13)10(15)12(17)11(16)9(7)14/h18-19H,2-6H2,1H3. The van der Waals surface area contributed by atoms with Crippen LogP contribution in [0.3, 0.4) is 0 Å². The summed E-state index contributed by atoms with van der Waals surface area (Å²) in [5, 5.41) is 5.64. The Morgan fingerprint density at radius 2 is 1.16 bits per heavy atom. The molecule has 2 N–H and O–H groups in total. The van der Waals surface area contributed by atoms with Crippen LogP contribution >= 0.6 is 0 Å². The fraction of sp³-hybridized carbons (Fsp3) is 0.500. The van der Waals surface area contributed by atoms with Crippen molar-refractivity contribution in [2.75, 3.05) is 19.6 Å². The first-order chi connectivity index (χ1) is 9.00. The van der Waals surface area contributed by atoms with Gasteiger partial charge in [-0.3, -0.25) is 0 Å². The third-order valence-electron chi connectivity index (χ3n) is 2.51. The number of benzene rings is 1. The highest BCUT2D eigenvalue weighted by Gasteiger charge is 2.24. The molecule has 0 amide bonds. The Bertz CT molecular complexity index is 408. The molecule has 0 radical (unpaired) electrons. The predicted molar refractivity (Wildman–Crippen MR) is 61.1 cm³/mol. The average molecular weight is 282 g/mol. The fourth-order valence-electron chi connectivity index (χ4n) is 1.50. The molecule has 0 aliphatic rings. The van der Waals surface area contributed by atoms with Crippen LogP contribution in [-0.4, -0.2) is 19.6 Å². The van der Waals surface area contributed by atoms with Crippen molar-refractivity contribution in [2.24, 2.45) is 0 Å². The fourth-order valence-corrected chi connectivity index (χ4v) is 1.50. The lowest BCUT2D eigenvalue weighted by molar-refractivity contribution is 0.367. The summed E-state index contributed by atoms with van der Waals surface area (Å²) in [5.41, 5.74) is -0.841. The largest absolute Gasteiger partial charge is 0.315 e. The number of rotatable bonds is 7. The summed E-state index contributed by atoms with van der Waals surface area (Å²) >= 11 is 0. The second-order valence-electron chi connectivity index (χ2n) is 3.98. The maximum absolute atomic E-state index is 13.3. The van der Waals surface area contributed by atoms with Crippen molar-refractivity contribution in [2.45, 2.75) is 19.9 Å². The molecule has 0 spiro atoms. The third-order valence-corrected chi connectivity index (χ3v) is 2.51. The van der Waals surface area contributed by atoms with Crippen molar-refractivity contribution in [1.82, 2.24) is 10.6 Å². The van der Waals surface area contributed by atoms with E-state index in [1.165, 1.54) is 0 Å². The molecule has 0 heterocycles. The van der Waals surface area contributed by atoms with Gasteiger partial charge in [0.25, 0.3) is 0 Å². The van der Waals surface area contributed by atoms with Gasteiger partial charge in [0, 0.05) is 25.2 Å². The Kier molecular flexibility index (Phi) is 6.17. The summed E-state index contributed by atoms with van der Waals surface area (Å²) in [7, 11) is 0. The van der Waals surface area contributed by atoms with Crippen molar-refractivity contribution in [3.05, 3.63) is 34.6 Å². The van der Waals surface area contributed by atoms with Gasteiger partial charge < -0.3 is 10.6 Å². The summed E-state index contributed by atoms with van der Waals surface area (Å²) in [6, 6.07) is 0.